The predicted molar refractivity (Wildman–Crippen MR) is 59.9 cm³/mol. The lowest BCUT2D eigenvalue weighted by molar-refractivity contribution is 0.413. The highest BCUT2D eigenvalue weighted by Crippen LogP contribution is 2.39. The molecule has 1 atom stereocenters. The highest BCUT2D eigenvalue weighted by molar-refractivity contribution is 5.85. The summed E-state index contributed by atoms with van der Waals surface area (Å²) in [6, 6.07) is 8.25. The molecule has 0 spiro atoms. The molecule has 0 aliphatic heterocycles. The molecule has 0 radical (unpaired) electrons. The van der Waals surface area contributed by atoms with Gasteiger partial charge in [0.25, 0.3) is 0 Å². The Morgan fingerprint density at radius 2 is 2.14 bits per heavy atom. The molecule has 0 heterocycles. The topological polar surface area (TPSA) is 35.2 Å². The van der Waals surface area contributed by atoms with Crippen molar-refractivity contribution in [2.75, 3.05) is 7.11 Å². The van der Waals surface area contributed by atoms with Gasteiger partial charge in [0.05, 0.1) is 7.11 Å². The van der Waals surface area contributed by atoms with E-state index in [9.17, 15) is 0 Å². The van der Waals surface area contributed by atoms with Crippen molar-refractivity contribution >= 4 is 12.4 Å². The molecule has 14 heavy (non-hydrogen) atoms. The van der Waals surface area contributed by atoms with Crippen molar-refractivity contribution in [2.24, 2.45) is 11.7 Å². The number of halogens is 1. The van der Waals surface area contributed by atoms with E-state index in [0.29, 0.717) is 5.92 Å². The maximum absolute atomic E-state index is 6.07. The zero-order valence-electron chi connectivity index (χ0n) is 8.27. The van der Waals surface area contributed by atoms with Crippen molar-refractivity contribution in [3.05, 3.63) is 29.8 Å². The number of rotatable bonds is 3. The Balaban J connectivity index is 0.000000980. The molecule has 1 aromatic rings. The van der Waals surface area contributed by atoms with Crippen LogP contribution in [-0.2, 0) is 0 Å². The van der Waals surface area contributed by atoms with Crippen LogP contribution in [0.1, 0.15) is 24.4 Å². The second-order valence-electron chi connectivity index (χ2n) is 3.64. The van der Waals surface area contributed by atoms with Crippen molar-refractivity contribution in [1.82, 2.24) is 0 Å². The van der Waals surface area contributed by atoms with Crippen LogP contribution in [0.4, 0.5) is 0 Å². The summed E-state index contributed by atoms with van der Waals surface area (Å²) in [5, 5.41) is 0. The molecule has 1 aliphatic rings. The number of nitrogens with two attached hydrogens (primary N) is 1. The van der Waals surface area contributed by atoms with Gasteiger partial charge in [-0.3, -0.25) is 0 Å². The molecule has 0 bridgehead atoms. The number of methoxy groups -OCH3 is 1. The van der Waals surface area contributed by atoms with Gasteiger partial charge < -0.3 is 10.5 Å². The molecule has 0 amide bonds. The lowest BCUT2D eigenvalue weighted by Gasteiger charge is -2.11. The first-order valence-electron chi connectivity index (χ1n) is 4.71. The van der Waals surface area contributed by atoms with E-state index in [1.165, 1.54) is 18.4 Å². The van der Waals surface area contributed by atoms with Gasteiger partial charge in [0.2, 0.25) is 0 Å². The number of ether oxygens (including phenoxy) is 1. The van der Waals surface area contributed by atoms with E-state index < -0.39 is 0 Å². The van der Waals surface area contributed by atoms with Crippen LogP contribution in [0.15, 0.2) is 24.3 Å². The first-order chi connectivity index (χ1) is 6.31. The van der Waals surface area contributed by atoms with Crippen LogP contribution >= 0.6 is 12.4 Å². The molecule has 1 aliphatic carbocycles. The van der Waals surface area contributed by atoms with Gasteiger partial charge in [-0.05, 0) is 36.5 Å². The largest absolute Gasteiger partial charge is 0.497 e. The van der Waals surface area contributed by atoms with E-state index in [2.05, 4.69) is 6.07 Å². The van der Waals surface area contributed by atoms with Crippen molar-refractivity contribution in [3.8, 4) is 5.75 Å². The standard InChI is InChI=1S/C11H15NO.ClH/c1-13-10-4-2-3-9(7-10)11(12)8-5-6-8;/h2-4,7-8,11H,5-6,12H2,1H3;1H. The summed E-state index contributed by atoms with van der Waals surface area (Å²) in [5.41, 5.74) is 7.26. The quantitative estimate of drug-likeness (QED) is 0.838. The van der Waals surface area contributed by atoms with Crippen LogP contribution in [0.2, 0.25) is 0 Å². The molecule has 1 unspecified atom stereocenters. The number of hydrogen-bond acceptors (Lipinski definition) is 2. The van der Waals surface area contributed by atoms with Gasteiger partial charge in [-0.15, -0.1) is 12.4 Å². The third-order valence-corrected chi connectivity index (χ3v) is 2.61. The summed E-state index contributed by atoms with van der Waals surface area (Å²) < 4.78 is 5.15. The van der Waals surface area contributed by atoms with Gasteiger partial charge in [0, 0.05) is 6.04 Å². The Morgan fingerprint density at radius 3 is 2.71 bits per heavy atom. The van der Waals surface area contributed by atoms with Crippen LogP contribution < -0.4 is 10.5 Å². The lowest BCUT2D eigenvalue weighted by Crippen LogP contribution is -2.12. The average molecular weight is 214 g/mol. The van der Waals surface area contributed by atoms with Crippen LogP contribution in [0, 0.1) is 5.92 Å². The summed E-state index contributed by atoms with van der Waals surface area (Å²) in [6.45, 7) is 0. The minimum Gasteiger partial charge on any atom is -0.497 e. The van der Waals surface area contributed by atoms with Crippen LogP contribution in [-0.4, -0.2) is 7.11 Å². The van der Waals surface area contributed by atoms with E-state index in [0.717, 1.165) is 5.75 Å². The molecule has 1 aromatic carbocycles. The summed E-state index contributed by atoms with van der Waals surface area (Å²) in [4.78, 5) is 0. The van der Waals surface area contributed by atoms with Gasteiger partial charge in [-0.25, -0.2) is 0 Å². The normalized spacial score (nSPS) is 17.0. The van der Waals surface area contributed by atoms with Crippen molar-refractivity contribution < 1.29 is 4.74 Å². The highest BCUT2D eigenvalue weighted by Gasteiger charge is 2.29. The molecule has 1 saturated carbocycles. The van der Waals surface area contributed by atoms with E-state index in [4.69, 9.17) is 10.5 Å². The molecule has 2 nitrogen and oxygen atoms in total. The lowest BCUT2D eigenvalue weighted by atomic mass is 10.0. The van der Waals surface area contributed by atoms with Crippen LogP contribution in [0.25, 0.3) is 0 Å². The first-order valence-corrected chi connectivity index (χ1v) is 4.71. The first kappa shape index (κ1) is 11.3. The molecule has 0 aromatic heterocycles. The summed E-state index contributed by atoms with van der Waals surface area (Å²) in [5.74, 6) is 1.60. The molecule has 2 N–H and O–H groups in total. The molecule has 78 valence electrons. The fourth-order valence-electron chi connectivity index (χ4n) is 1.58. The summed E-state index contributed by atoms with van der Waals surface area (Å²) >= 11 is 0. The fourth-order valence-corrected chi connectivity index (χ4v) is 1.58. The SMILES string of the molecule is COc1cccc(C(N)C2CC2)c1.Cl. The Morgan fingerprint density at radius 1 is 1.43 bits per heavy atom. The Kier molecular flexibility index (Phi) is 3.78. The smallest absolute Gasteiger partial charge is 0.119 e. The zero-order valence-corrected chi connectivity index (χ0v) is 9.09. The predicted octanol–water partition coefficient (Wildman–Crippen LogP) is 2.53. The highest BCUT2D eigenvalue weighted by atomic mass is 35.5. The van der Waals surface area contributed by atoms with Crippen LogP contribution in [0.5, 0.6) is 5.75 Å². The van der Waals surface area contributed by atoms with E-state index in [1.807, 2.05) is 18.2 Å². The molecular formula is C11H16ClNO. The molecule has 0 saturated heterocycles. The maximum atomic E-state index is 6.07. The second-order valence-corrected chi connectivity index (χ2v) is 3.64. The molecule has 2 rings (SSSR count). The summed E-state index contributed by atoms with van der Waals surface area (Å²) in [7, 11) is 1.68. The second kappa shape index (κ2) is 4.67. The third-order valence-electron chi connectivity index (χ3n) is 2.61. The number of hydrogen-bond donors (Lipinski definition) is 1. The molecular weight excluding hydrogens is 198 g/mol. The zero-order chi connectivity index (χ0) is 9.26. The van der Waals surface area contributed by atoms with E-state index in [-0.39, 0.29) is 18.4 Å². The third kappa shape index (κ3) is 2.40. The molecule has 3 heteroatoms. The minimum atomic E-state index is 0. The maximum Gasteiger partial charge on any atom is 0.119 e. The van der Waals surface area contributed by atoms with Gasteiger partial charge in [0.15, 0.2) is 0 Å². The Hall–Kier alpha value is -0.730. The van der Waals surface area contributed by atoms with Gasteiger partial charge >= 0.3 is 0 Å². The van der Waals surface area contributed by atoms with Crippen molar-refractivity contribution in [2.45, 2.75) is 18.9 Å². The average Bonchev–Trinajstić information content (AvgIpc) is 3.00. The van der Waals surface area contributed by atoms with Crippen molar-refractivity contribution in [3.63, 3.8) is 0 Å². The fraction of sp³-hybridized carbons (Fsp3) is 0.455. The van der Waals surface area contributed by atoms with Gasteiger partial charge in [-0.2, -0.15) is 0 Å². The molecule has 1 fully saturated rings. The van der Waals surface area contributed by atoms with Gasteiger partial charge in [-0.1, -0.05) is 12.1 Å². The Labute approximate surface area is 90.9 Å². The van der Waals surface area contributed by atoms with Gasteiger partial charge in [0.1, 0.15) is 5.75 Å². The van der Waals surface area contributed by atoms with Crippen LogP contribution in [0.3, 0.4) is 0 Å². The minimum absolute atomic E-state index is 0. The number of benzene rings is 1. The van der Waals surface area contributed by atoms with E-state index in [1.54, 1.807) is 7.11 Å². The summed E-state index contributed by atoms with van der Waals surface area (Å²) in [6.07, 6.45) is 2.55. The Bertz CT molecular complexity index is 299. The van der Waals surface area contributed by atoms with E-state index >= 15 is 0 Å². The van der Waals surface area contributed by atoms with Crippen molar-refractivity contribution in [1.29, 1.82) is 0 Å². The monoisotopic (exact) mass is 213 g/mol.